The Morgan fingerprint density at radius 2 is 1.00 bits per heavy atom. The van der Waals surface area contributed by atoms with Crippen LogP contribution in [0.5, 0.6) is 0 Å². The van der Waals surface area contributed by atoms with E-state index in [1.807, 2.05) is 54.5 Å². The van der Waals surface area contributed by atoms with Gasteiger partial charge in [-0.3, -0.25) is 9.59 Å². The Bertz CT molecular complexity index is 2230. The van der Waals surface area contributed by atoms with Gasteiger partial charge in [0.05, 0.1) is 37.3 Å². The highest BCUT2D eigenvalue weighted by Gasteiger charge is 2.52. The number of ether oxygens (including phenoxy) is 2. The third-order valence-corrected chi connectivity index (χ3v) is 12.9. The van der Waals surface area contributed by atoms with Crippen LogP contribution in [0.1, 0.15) is 136 Å². The summed E-state index contributed by atoms with van der Waals surface area (Å²) < 4.78 is 79.8. The molecule has 4 aromatic carbocycles. The van der Waals surface area contributed by atoms with Crippen molar-refractivity contribution in [1.29, 1.82) is 0 Å². The summed E-state index contributed by atoms with van der Waals surface area (Å²) in [7, 11) is -0.558. The summed E-state index contributed by atoms with van der Waals surface area (Å²) in [5.41, 5.74) is 7.90. The molecule has 4 aromatic rings. The average Bonchev–Trinajstić information content (AvgIpc) is 3.40. The van der Waals surface area contributed by atoms with Crippen LogP contribution in [-0.2, 0) is 28.4 Å². The molecule has 62 heavy (non-hydrogen) atoms. The lowest BCUT2D eigenvalue weighted by molar-refractivity contribution is -0.144. The molecule has 1 heterocycles. The van der Waals surface area contributed by atoms with Crippen molar-refractivity contribution >= 4 is 40.4 Å². The van der Waals surface area contributed by atoms with E-state index in [9.17, 15) is 27.2 Å². The van der Waals surface area contributed by atoms with Gasteiger partial charge in [-0.2, -0.15) is 0 Å². The van der Waals surface area contributed by atoms with Gasteiger partial charge in [0, 0.05) is 4.47 Å². The summed E-state index contributed by atoms with van der Waals surface area (Å²) in [5, 5.41) is 0. The molecule has 6 nitrogen and oxygen atoms in total. The third kappa shape index (κ3) is 12.4. The van der Waals surface area contributed by atoms with Gasteiger partial charge in [-0.05, 0) is 193 Å². The predicted molar refractivity (Wildman–Crippen MR) is 245 cm³/mol. The standard InChI is InChI=1S/C22H26F2O2.C19H28BFO4.C9H10BrF/c1-7-26-19(25)10-12(2)18-11-17(9-15(5)22(18)24)20-13(3)8-14(4)21(23)16(20)6;1-8-23-16(22)10-12(2)15-11-14(9-13(3)17(15)21)20-24-18(4,5)19(6,7)25-20;1-5-4-6(2)9(11)7(3)8(5)10/h8-9,11-12H,7,10H2,1-6H3;9,11-12H,8,10H2,1-7H3;4H,1-3H3/t2*12-;/m00./s1. The number of rotatable bonds is 10. The SMILES string of the molecule is CCOC(=O)C[C@H](C)c1cc(-c2c(C)cc(C)c(F)c2C)cc(C)c1F.CCOC(=O)C[C@H](C)c1cc(B2OC(C)(C)C(C)(C)O2)cc(C)c1F.Cc1cc(C)c(Br)c(C)c1F. The van der Waals surface area contributed by atoms with Gasteiger partial charge in [-0.25, -0.2) is 17.6 Å². The molecule has 0 unspecified atom stereocenters. The Labute approximate surface area is 375 Å². The fraction of sp³-hybridized carbons (Fsp3) is 0.480. The second-order valence-electron chi connectivity index (χ2n) is 17.4. The number of aryl methyl sites for hydroxylation is 6. The van der Waals surface area contributed by atoms with Crippen LogP contribution in [0.2, 0.25) is 0 Å². The molecule has 5 rings (SSSR count). The molecular formula is C50H64BBrF4O6. The Balaban J connectivity index is 0.000000267. The van der Waals surface area contributed by atoms with Crippen LogP contribution < -0.4 is 5.46 Å². The van der Waals surface area contributed by atoms with Crippen LogP contribution in [0.25, 0.3) is 11.1 Å². The third-order valence-electron chi connectivity index (χ3n) is 11.7. The van der Waals surface area contributed by atoms with Crippen molar-refractivity contribution in [2.24, 2.45) is 0 Å². The largest absolute Gasteiger partial charge is 0.494 e. The predicted octanol–water partition coefficient (Wildman–Crippen LogP) is 12.9. The first-order chi connectivity index (χ1) is 28.7. The van der Waals surface area contributed by atoms with Gasteiger partial charge in [0.2, 0.25) is 0 Å². The zero-order valence-corrected chi connectivity index (χ0v) is 40.9. The maximum Gasteiger partial charge on any atom is 0.494 e. The Hall–Kier alpha value is -4.00. The number of esters is 2. The summed E-state index contributed by atoms with van der Waals surface area (Å²) in [4.78, 5) is 23.5. The van der Waals surface area contributed by atoms with E-state index in [4.69, 9.17) is 18.8 Å². The summed E-state index contributed by atoms with van der Waals surface area (Å²) in [5.74, 6) is -2.27. The molecule has 2 atom stereocenters. The molecule has 0 aliphatic carbocycles. The molecule has 1 fully saturated rings. The van der Waals surface area contributed by atoms with Crippen LogP contribution in [0.15, 0.2) is 40.9 Å². The minimum Gasteiger partial charge on any atom is -0.466 e. The number of benzene rings is 4. The van der Waals surface area contributed by atoms with Crippen LogP contribution in [0.4, 0.5) is 17.6 Å². The Morgan fingerprint density at radius 1 is 0.597 bits per heavy atom. The smallest absolute Gasteiger partial charge is 0.466 e. The number of hydrogen-bond acceptors (Lipinski definition) is 6. The molecule has 0 bridgehead atoms. The lowest BCUT2D eigenvalue weighted by Crippen LogP contribution is -2.41. The molecule has 338 valence electrons. The Kier molecular flexibility index (Phi) is 18.2. The van der Waals surface area contributed by atoms with Gasteiger partial charge in [-0.1, -0.05) is 54.0 Å². The fourth-order valence-corrected chi connectivity index (χ4v) is 7.79. The Morgan fingerprint density at radius 3 is 1.47 bits per heavy atom. The van der Waals surface area contributed by atoms with E-state index in [0.717, 1.165) is 32.2 Å². The zero-order chi connectivity index (χ0) is 47.2. The highest BCUT2D eigenvalue weighted by molar-refractivity contribution is 9.10. The normalized spacial score (nSPS) is 14.9. The van der Waals surface area contributed by atoms with E-state index in [1.54, 1.807) is 92.6 Å². The van der Waals surface area contributed by atoms with E-state index < -0.39 is 18.3 Å². The number of halogens is 5. The molecule has 1 aliphatic heterocycles. The van der Waals surface area contributed by atoms with Gasteiger partial charge in [-0.15, -0.1) is 0 Å². The number of hydrogen-bond donors (Lipinski definition) is 0. The molecule has 0 aromatic heterocycles. The molecule has 0 spiro atoms. The van der Waals surface area contributed by atoms with Crippen LogP contribution in [0.3, 0.4) is 0 Å². The fourth-order valence-electron chi connectivity index (χ4n) is 7.50. The maximum absolute atomic E-state index is 14.7. The van der Waals surface area contributed by atoms with Gasteiger partial charge < -0.3 is 18.8 Å². The van der Waals surface area contributed by atoms with Crippen molar-refractivity contribution in [3.63, 3.8) is 0 Å². The topological polar surface area (TPSA) is 71.1 Å². The molecule has 0 saturated carbocycles. The van der Waals surface area contributed by atoms with Gasteiger partial charge in [0.1, 0.15) is 23.3 Å². The first-order valence-electron chi connectivity index (χ1n) is 21.1. The first-order valence-corrected chi connectivity index (χ1v) is 21.9. The van der Waals surface area contributed by atoms with Crippen molar-refractivity contribution in [2.45, 2.75) is 147 Å². The van der Waals surface area contributed by atoms with Crippen molar-refractivity contribution in [2.75, 3.05) is 13.2 Å². The average molecular weight is 928 g/mol. The molecule has 1 aliphatic rings. The summed E-state index contributed by atoms with van der Waals surface area (Å²) in [6.45, 7) is 30.0. The second kappa shape index (κ2) is 21.6. The van der Waals surface area contributed by atoms with Crippen LogP contribution in [0, 0.1) is 78.7 Å². The number of carbonyl (C=O) groups is 2. The highest BCUT2D eigenvalue weighted by Crippen LogP contribution is 2.38. The lowest BCUT2D eigenvalue weighted by atomic mass is 9.76. The zero-order valence-electron chi connectivity index (χ0n) is 39.4. The molecule has 1 saturated heterocycles. The van der Waals surface area contributed by atoms with Crippen molar-refractivity contribution in [1.82, 2.24) is 0 Å². The number of carbonyl (C=O) groups excluding carboxylic acids is 2. The molecule has 0 radical (unpaired) electrons. The molecule has 12 heteroatoms. The summed E-state index contributed by atoms with van der Waals surface area (Å²) >= 11 is 3.32. The first kappa shape index (κ1) is 52.3. The van der Waals surface area contributed by atoms with E-state index in [-0.39, 0.29) is 59.9 Å². The summed E-state index contributed by atoms with van der Waals surface area (Å²) in [6, 6.07) is 10.6. The minimum atomic E-state index is -0.558. The van der Waals surface area contributed by atoms with Crippen molar-refractivity contribution < 1.29 is 45.9 Å². The molecule has 0 N–H and O–H groups in total. The van der Waals surface area contributed by atoms with Crippen molar-refractivity contribution in [3.8, 4) is 11.1 Å². The minimum absolute atomic E-state index is 0.105. The lowest BCUT2D eigenvalue weighted by Gasteiger charge is -2.32. The van der Waals surface area contributed by atoms with E-state index in [1.165, 1.54) is 0 Å². The highest BCUT2D eigenvalue weighted by atomic mass is 79.9. The van der Waals surface area contributed by atoms with E-state index in [2.05, 4.69) is 15.9 Å². The molecular weight excluding hydrogens is 863 g/mol. The summed E-state index contributed by atoms with van der Waals surface area (Å²) in [6.07, 6.45) is 0.241. The van der Waals surface area contributed by atoms with Crippen LogP contribution in [-0.4, -0.2) is 43.5 Å². The monoisotopic (exact) mass is 926 g/mol. The van der Waals surface area contributed by atoms with Crippen LogP contribution >= 0.6 is 15.9 Å². The van der Waals surface area contributed by atoms with Crippen molar-refractivity contribution in [3.05, 3.63) is 120 Å². The van der Waals surface area contributed by atoms with Gasteiger partial charge >= 0.3 is 19.1 Å². The maximum atomic E-state index is 14.7. The second-order valence-corrected chi connectivity index (χ2v) is 18.2. The van der Waals surface area contributed by atoms with E-state index in [0.29, 0.717) is 57.7 Å². The molecule has 0 amide bonds. The van der Waals surface area contributed by atoms with Gasteiger partial charge in [0.15, 0.2) is 0 Å². The van der Waals surface area contributed by atoms with E-state index >= 15 is 0 Å². The quantitative estimate of drug-likeness (QED) is 0.0896. The van der Waals surface area contributed by atoms with Gasteiger partial charge in [0.25, 0.3) is 0 Å².